The topological polar surface area (TPSA) is 21.6 Å². The Morgan fingerprint density at radius 3 is 2.86 bits per heavy atom. The molecule has 1 aliphatic rings. The van der Waals surface area contributed by atoms with Gasteiger partial charge in [-0.2, -0.15) is 0 Å². The maximum absolute atomic E-state index is 4.76. The van der Waals surface area contributed by atoms with Gasteiger partial charge in [-0.25, -0.2) is 4.99 Å². The van der Waals surface area contributed by atoms with Gasteiger partial charge in [0, 0.05) is 6.21 Å². The van der Waals surface area contributed by atoms with Crippen LogP contribution in [0.15, 0.2) is 17.3 Å². The molecule has 3 heteroatoms. The first-order chi connectivity index (χ1) is 3.39. The van der Waals surface area contributed by atoms with Gasteiger partial charge in [-0.05, 0) is 6.08 Å². The number of hydrogen-bond acceptors (Lipinski definition) is 3. The molecule has 0 aromatic heterocycles. The minimum Gasteiger partial charge on any atom is -0.467 e. The maximum Gasteiger partial charge on any atom is 0.234 e. The third kappa shape index (κ3) is 1.23. The predicted molar refractivity (Wildman–Crippen MR) is 31.5 cm³/mol. The van der Waals surface area contributed by atoms with Crippen molar-refractivity contribution in [1.82, 2.24) is 0 Å². The van der Waals surface area contributed by atoms with Gasteiger partial charge in [0.1, 0.15) is 0 Å². The van der Waals surface area contributed by atoms with Gasteiger partial charge in [-0.3, -0.25) is 0 Å². The quantitative estimate of drug-likeness (QED) is 0.464. The average Bonchev–Trinajstić information content (AvgIpc) is 1.69. The maximum atomic E-state index is 4.76. The predicted octanol–water partition coefficient (Wildman–Crippen LogP) is 0.815. The molecule has 0 fully saturated rings. The molecule has 38 valence electrons. The zero-order chi connectivity index (χ0) is 5.11. The van der Waals surface area contributed by atoms with Crippen molar-refractivity contribution in [2.45, 2.75) is 5.56 Å². The highest BCUT2D eigenvalue weighted by Crippen LogP contribution is 2.01. The van der Waals surface area contributed by atoms with Gasteiger partial charge < -0.3 is 4.74 Å². The molecule has 2 nitrogen and oxygen atoms in total. The van der Waals surface area contributed by atoms with Crippen molar-refractivity contribution in [2.75, 3.05) is 0 Å². The Labute approximate surface area is 47.3 Å². The van der Waals surface area contributed by atoms with Gasteiger partial charge in [-0.1, -0.05) is 0 Å². The highest BCUT2D eigenvalue weighted by molar-refractivity contribution is 7.80. The highest BCUT2D eigenvalue weighted by Gasteiger charge is 1.94. The van der Waals surface area contributed by atoms with Crippen LogP contribution in [-0.4, -0.2) is 11.8 Å². The number of thiol groups is 1. The molecule has 0 aliphatic carbocycles. The number of allylic oxidation sites excluding steroid dienone is 1. The molecule has 0 aromatic rings. The smallest absolute Gasteiger partial charge is 0.234 e. The average molecular weight is 115 g/mol. The fourth-order valence-electron chi connectivity index (χ4n) is 0.309. The molecule has 0 radical (unpaired) electrons. The van der Waals surface area contributed by atoms with Crippen molar-refractivity contribution < 1.29 is 4.74 Å². The fraction of sp³-hybridized carbons (Fsp3) is 0.250. The van der Waals surface area contributed by atoms with Crippen LogP contribution in [-0.2, 0) is 4.74 Å². The fourth-order valence-corrected chi connectivity index (χ4v) is 0.456. The van der Waals surface area contributed by atoms with E-state index in [2.05, 4.69) is 17.6 Å². The highest BCUT2D eigenvalue weighted by atomic mass is 32.1. The van der Waals surface area contributed by atoms with Crippen LogP contribution >= 0.6 is 12.6 Å². The van der Waals surface area contributed by atoms with Crippen molar-refractivity contribution in [3.8, 4) is 0 Å². The number of hydrogen-bond donors (Lipinski definition) is 1. The van der Waals surface area contributed by atoms with E-state index in [9.17, 15) is 0 Å². The van der Waals surface area contributed by atoms with Crippen molar-refractivity contribution >= 4 is 18.8 Å². The van der Waals surface area contributed by atoms with E-state index in [4.69, 9.17) is 4.74 Å². The SMILES string of the molecule is SC1N=CC=CO1. The number of rotatable bonds is 0. The van der Waals surface area contributed by atoms with Crippen molar-refractivity contribution in [2.24, 2.45) is 4.99 Å². The lowest BCUT2D eigenvalue weighted by atomic mass is 10.7. The Morgan fingerprint density at radius 1 is 1.71 bits per heavy atom. The standard InChI is InChI=1S/C4H5NOS/c7-4-5-2-1-3-6-4/h1-4,7H. The summed E-state index contributed by atoms with van der Waals surface area (Å²) in [5, 5.41) is 0. The monoisotopic (exact) mass is 115 g/mol. The molecule has 0 N–H and O–H groups in total. The largest absolute Gasteiger partial charge is 0.467 e. The van der Waals surface area contributed by atoms with Gasteiger partial charge in [-0.15, -0.1) is 12.6 Å². The molecule has 1 rings (SSSR count). The van der Waals surface area contributed by atoms with E-state index in [0.717, 1.165) is 0 Å². The van der Waals surface area contributed by atoms with E-state index in [-0.39, 0.29) is 5.56 Å². The Balaban J connectivity index is 2.49. The summed E-state index contributed by atoms with van der Waals surface area (Å²) in [7, 11) is 0. The lowest BCUT2D eigenvalue weighted by Crippen LogP contribution is -1.98. The lowest BCUT2D eigenvalue weighted by Gasteiger charge is -2.05. The molecular formula is C4H5NOS. The summed E-state index contributed by atoms with van der Waals surface area (Å²) in [6, 6.07) is 0. The van der Waals surface area contributed by atoms with Gasteiger partial charge >= 0.3 is 0 Å². The molecule has 1 atom stereocenters. The van der Waals surface area contributed by atoms with Crippen molar-refractivity contribution in [1.29, 1.82) is 0 Å². The summed E-state index contributed by atoms with van der Waals surface area (Å²) in [5.74, 6) is 0. The molecular weight excluding hydrogens is 110 g/mol. The summed E-state index contributed by atoms with van der Waals surface area (Å²) < 4.78 is 4.76. The Kier molecular flexibility index (Phi) is 1.36. The third-order valence-electron chi connectivity index (χ3n) is 0.579. The second-order valence-corrected chi connectivity index (χ2v) is 1.53. The van der Waals surface area contributed by atoms with Crippen LogP contribution in [0.2, 0.25) is 0 Å². The zero-order valence-electron chi connectivity index (χ0n) is 3.61. The molecule has 0 spiro atoms. The molecule has 1 unspecified atom stereocenters. The Morgan fingerprint density at radius 2 is 2.57 bits per heavy atom. The Bertz CT molecular complexity index is 110. The van der Waals surface area contributed by atoms with E-state index in [1.54, 1.807) is 18.6 Å². The summed E-state index contributed by atoms with van der Waals surface area (Å²) in [4.78, 5) is 3.76. The first kappa shape index (κ1) is 4.71. The van der Waals surface area contributed by atoms with Crippen LogP contribution in [0.1, 0.15) is 0 Å². The second-order valence-electron chi connectivity index (χ2n) is 1.09. The van der Waals surface area contributed by atoms with Gasteiger partial charge in [0.05, 0.1) is 6.26 Å². The second kappa shape index (κ2) is 2.02. The molecule has 1 aliphatic heterocycles. The van der Waals surface area contributed by atoms with Gasteiger partial charge in [0.2, 0.25) is 5.56 Å². The molecule has 1 heterocycles. The first-order valence-corrected chi connectivity index (χ1v) is 2.43. The molecule has 0 aromatic carbocycles. The summed E-state index contributed by atoms with van der Waals surface area (Å²) in [6.45, 7) is 0. The molecule has 0 amide bonds. The van der Waals surface area contributed by atoms with E-state index in [1.165, 1.54) is 0 Å². The van der Waals surface area contributed by atoms with E-state index in [1.807, 2.05) is 0 Å². The lowest BCUT2D eigenvalue weighted by molar-refractivity contribution is 0.230. The van der Waals surface area contributed by atoms with Crippen LogP contribution in [0.4, 0.5) is 0 Å². The molecule has 0 saturated heterocycles. The molecule has 7 heavy (non-hydrogen) atoms. The third-order valence-corrected chi connectivity index (χ3v) is 0.834. The van der Waals surface area contributed by atoms with Crippen molar-refractivity contribution in [3.05, 3.63) is 12.3 Å². The van der Waals surface area contributed by atoms with Crippen LogP contribution in [0.5, 0.6) is 0 Å². The Hall–Kier alpha value is -0.440. The van der Waals surface area contributed by atoms with Crippen LogP contribution in [0.25, 0.3) is 0 Å². The van der Waals surface area contributed by atoms with E-state index in [0.29, 0.717) is 0 Å². The molecule has 0 saturated carbocycles. The number of ether oxygens (including phenoxy) is 1. The van der Waals surface area contributed by atoms with E-state index >= 15 is 0 Å². The zero-order valence-corrected chi connectivity index (χ0v) is 4.51. The summed E-state index contributed by atoms with van der Waals surface area (Å²) in [5.41, 5.74) is -0.287. The number of nitrogens with zero attached hydrogens (tertiary/aromatic N) is 1. The van der Waals surface area contributed by atoms with Crippen molar-refractivity contribution in [3.63, 3.8) is 0 Å². The van der Waals surface area contributed by atoms with Crippen LogP contribution in [0.3, 0.4) is 0 Å². The van der Waals surface area contributed by atoms with Crippen LogP contribution < -0.4 is 0 Å². The van der Waals surface area contributed by atoms with Crippen LogP contribution in [0, 0.1) is 0 Å². The number of aliphatic imine (C=N–C) groups is 1. The van der Waals surface area contributed by atoms with Gasteiger partial charge in [0.25, 0.3) is 0 Å². The molecule has 0 bridgehead atoms. The summed E-state index contributed by atoms with van der Waals surface area (Å²) >= 11 is 3.89. The minimum absolute atomic E-state index is 0.287. The summed E-state index contributed by atoms with van der Waals surface area (Å²) in [6.07, 6.45) is 4.93. The van der Waals surface area contributed by atoms with Gasteiger partial charge in [0.15, 0.2) is 0 Å². The normalized spacial score (nSPS) is 27.3. The van der Waals surface area contributed by atoms with E-state index < -0.39 is 0 Å². The minimum atomic E-state index is -0.287. The first-order valence-electron chi connectivity index (χ1n) is 1.91.